The van der Waals surface area contributed by atoms with Crippen molar-refractivity contribution < 1.29 is 19.0 Å². The smallest absolute Gasteiger partial charge is 0.193 e. The van der Waals surface area contributed by atoms with Crippen molar-refractivity contribution in [2.45, 2.75) is 6.10 Å². The van der Waals surface area contributed by atoms with E-state index in [-0.39, 0.29) is 42.3 Å². The van der Waals surface area contributed by atoms with Crippen molar-refractivity contribution in [1.82, 2.24) is 0 Å². The molecule has 25 heavy (non-hydrogen) atoms. The fourth-order valence-electron chi connectivity index (χ4n) is 2.08. The molecule has 0 spiro atoms. The van der Waals surface area contributed by atoms with Gasteiger partial charge in [-0.3, -0.25) is 4.99 Å². The molecule has 0 fully saturated rings. The van der Waals surface area contributed by atoms with E-state index in [0.29, 0.717) is 22.7 Å². The van der Waals surface area contributed by atoms with Gasteiger partial charge in [0, 0.05) is 11.8 Å². The number of hydrogen-bond donors (Lipinski definition) is 3. The maximum Gasteiger partial charge on any atom is 0.193 e. The maximum absolute atomic E-state index is 12.9. The van der Waals surface area contributed by atoms with Crippen molar-refractivity contribution in [1.29, 1.82) is 0 Å². The van der Waals surface area contributed by atoms with E-state index in [1.807, 2.05) is 0 Å². The van der Waals surface area contributed by atoms with Crippen molar-refractivity contribution in [3.63, 3.8) is 0 Å². The molecule has 1 atom stereocenters. The van der Waals surface area contributed by atoms with Crippen LogP contribution in [0, 0.1) is 5.82 Å². The first kappa shape index (κ1) is 21.0. The zero-order chi connectivity index (χ0) is 17.5. The van der Waals surface area contributed by atoms with Gasteiger partial charge in [-0.15, -0.1) is 24.0 Å². The highest BCUT2D eigenvalue weighted by Crippen LogP contribution is 2.29. The summed E-state index contributed by atoms with van der Waals surface area (Å²) < 4.78 is 23.2. The van der Waals surface area contributed by atoms with Gasteiger partial charge in [-0.05, 0) is 29.8 Å². The summed E-state index contributed by atoms with van der Waals surface area (Å²) in [6, 6.07) is 10.8. The minimum absolute atomic E-state index is 0. The van der Waals surface area contributed by atoms with E-state index in [1.165, 1.54) is 31.4 Å². The summed E-state index contributed by atoms with van der Waals surface area (Å²) in [5.41, 5.74) is 7.05. The van der Waals surface area contributed by atoms with Crippen LogP contribution >= 0.6 is 24.0 Å². The molecule has 0 aliphatic heterocycles. The number of guanidine groups is 1. The molecule has 4 N–H and O–H groups in total. The average Bonchev–Trinajstić information content (AvgIpc) is 2.60. The molecule has 8 heteroatoms. The van der Waals surface area contributed by atoms with Crippen molar-refractivity contribution in [3.8, 4) is 11.5 Å². The lowest BCUT2D eigenvalue weighted by Crippen LogP contribution is -2.23. The van der Waals surface area contributed by atoms with Gasteiger partial charge in [-0.25, -0.2) is 4.39 Å². The number of nitrogens with two attached hydrogens (primary N) is 1. The molecule has 0 bridgehead atoms. The lowest BCUT2D eigenvalue weighted by Gasteiger charge is -2.12. The van der Waals surface area contributed by atoms with Gasteiger partial charge in [0.05, 0.1) is 26.9 Å². The summed E-state index contributed by atoms with van der Waals surface area (Å²) in [6.07, 6.45) is -0.864. The molecule has 136 valence electrons. The van der Waals surface area contributed by atoms with E-state index in [2.05, 4.69) is 10.3 Å². The zero-order valence-corrected chi connectivity index (χ0v) is 16.2. The number of anilines is 1. The summed E-state index contributed by atoms with van der Waals surface area (Å²) in [4.78, 5) is 4.08. The summed E-state index contributed by atoms with van der Waals surface area (Å²) >= 11 is 0. The molecular formula is C17H21FIN3O3. The van der Waals surface area contributed by atoms with E-state index in [1.54, 1.807) is 25.3 Å². The predicted octanol–water partition coefficient (Wildman–Crippen LogP) is 2.92. The summed E-state index contributed by atoms with van der Waals surface area (Å²) in [7, 11) is 3.09. The molecule has 6 nitrogen and oxygen atoms in total. The molecule has 0 aliphatic rings. The molecule has 0 amide bonds. The van der Waals surface area contributed by atoms with Crippen molar-refractivity contribution in [3.05, 3.63) is 53.8 Å². The van der Waals surface area contributed by atoms with Gasteiger partial charge in [0.15, 0.2) is 17.5 Å². The largest absolute Gasteiger partial charge is 0.493 e. The third-order valence-corrected chi connectivity index (χ3v) is 3.35. The molecule has 0 saturated heterocycles. The highest BCUT2D eigenvalue weighted by Gasteiger charge is 2.08. The Morgan fingerprint density at radius 2 is 1.80 bits per heavy atom. The van der Waals surface area contributed by atoms with Gasteiger partial charge >= 0.3 is 0 Å². The number of rotatable bonds is 6. The summed E-state index contributed by atoms with van der Waals surface area (Å²) in [5.74, 6) is 0.944. The number of ether oxygens (including phenoxy) is 2. The highest BCUT2D eigenvalue weighted by molar-refractivity contribution is 14.0. The van der Waals surface area contributed by atoms with Crippen LogP contribution in [0.4, 0.5) is 10.1 Å². The minimum atomic E-state index is -0.864. The van der Waals surface area contributed by atoms with Crippen molar-refractivity contribution in [2.24, 2.45) is 10.7 Å². The van der Waals surface area contributed by atoms with Crippen LogP contribution in [0.2, 0.25) is 0 Å². The molecule has 0 heterocycles. The lowest BCUT2D eigenvalue weighted by atomic mass is 10.1. The molecule has 0 aliphatic carbocycles. The molecule has 2 aromatic rings. The topological polar surface area (TPSA) is 89.1 Å². The Hall–Kier alpha value is -2.07. The number of nitrogens with zero attached hydrogens (tertiary/aromatic N) is 1. The number of aliphatic imine (C=N–C) groups is 1. The molecule has 0 radical (unpaired) electrons. The van der Waals surface area contributed by atoms with Crippen LogP contribution < -0.4 is 20.5 Å². The third kappa shape index (κ3) is 6.05. The first-order valence-electron chi connectivity index (χ1n) is 7.26. The van der Waals surface area contributed by atoms with Crippen LogP contribution in [0.15, 0.2) is 47.5 Å². The lowest BCUT2D eigenvalue weighted by molar-refractivity contribution is 0.187. The molecular weight excluding hydrogens is 440 g/mol. The average molecular weight is 461 g/mol. The van der Waals surface area contributed by atoms with Crippen LogP contribution in [0.5, 0.6) is 11.5 Å². The number of halogens is 2. The van der Waals surface area contributed by atoms with Crippen LogP contribution in [0.1, 0.15) is 11.7 Å². The Morgan fingerprint density at radius 3 is 2.40 bits per heavy atom. The Labute approximate surface area is 162 Å². The second kappa shape index (κ2) is 10.0. The molecule has 2 rings (SSSR count). The fourth-order valence-corrected chi connectivity index (χ4v) is 2.08. The standard InChI is InChI=1S/C17H20FN3O3.HI/c1-23-15-8-7-13(9-16(15)24-2)21-17(19)20-10-14(22)11-3-5-12(18)6-4-11;/h3-9,14,22H,10H2,1-2H3,(H3,19,20,21);1H. The van der Waals surface area contributed by atoms with Gasteiger partial charge in [0.25, 0.3) is 0 Å². The van der Waals surface area contributed by atoms with Crippen LogP contribution in [0.25, 0.3) is 0 Å². The Kier molecular flexibility index (Phi) is 8.42. The van der Waals surface area contributed by atoms with E-state index in [9.17, 15) is 9.50 Å². The Balaban J connectivity index is 0.00000312. The molecule has 2 aromatic carbocycles. The maximum atomic E-state index is 12.9. The molecule has 1 unspecified atom stereocenters. The fraction of sp³-hybridized carbons (Fsp3) is 0.235. The van der Waals surface area contributed by atoms with Gasteiger partial charge < -0.3 is 25.6 Å². The van der Waals surface area contributed by atoms with Gasteiger partial charge in [-0.1, -0.05) is 12.1 Å². The van der Waals surface area contributed by atoms with Gasteiger partial charge in [0.1, 0.15) is 5.82 Å². The number of nitrogens with one attached hydrogen (secondary N) is 1. The van der Waals surface area contributed by atoms with Crippen LogP contribution in [0.3, 0.4) is 0 Å². The minimum Gasteiger partial charge on any atom is -0.493 e. The zero-order valence-electron chi connectivity index (χ0n) is 13.9. The van der Waals surface area contributed by atoms with Crippen LogP contribution in [-0.4, -0.2) is 31.8 Å². The number of aliphatic hydroxyl groups excluding tert-OH is 1. The predicted molar refractivity (Wildman–Crippen MR) is 106 cm³/mol. The Bertz CT molecular complexity index is 711. The molecule has 0 aromatic heterocycles. The van der Waals surface area contributed by atoms with Gasteiger partial charge in [0.2, 0.25) is 0 Å². The van der Waals surface area contributed by atoms with Crippen molar-refractivity contribution >= 4 is 35.6 Å². The van der Waals surface area contributed by atoms with Crippen molar-refractivity contribution in [2.75, 3.05) is 26.1 Å². The number of hydrogen-bond acceptors (Lipinski definition) is 4. The monoisotopic (exact) mass is 461 g/mol. The second-order valence-corrected chi connectivity index (χ2v) is 4.99. The highest BCUT2D eigenvalue weighted by atomic mass is 127. The normalized spacial score (nSPS) is 12.1. The first-order valence-corrected chi connectivity index (χ1v) is 7.26. The quantitative estimate of drug-likeness (QED) is 0.350. The van der Waals surface area contributed by atoms with Crippen LogP contribution in [-0.2, 0) is 0 Å². The third-order valence-electron chi connectivity index (χ3n) is 3.35. The van der Waals surface area contributed by atoms with E-state index < -0.39 is 6.10 Å². The SMILES string of the molecule is COc1ccc(NC(N)=NCC(O)c2ccc(F)cc2)cc1OC.I. The van der Waals surface area contributed by atoms with E-state index >= 15 is 0 Å². The Morgan fingerprint density at radius 1 is 1.16 bits per heavy atom. The summed E-state index contributed by atoms with van der Waals surface area (Å²) in [5, 5.41) is 12.9. The van der Waals surface area contributed by atoms with E-state index in [0.717, 1.165) is 0 Å². The van der Waals surface area contributed by atoms with E-state index in [4.69, 9.17) is 15.2 Å². The second-order valence-electron chi connectivity index (χ2n) is 4.99. The number of methoxy groups -OCH3 is 2. The van der Waals surface area contributed by atoms with Gasteiger partial charge in [-0.2, -0.15) is 0 Å². The summed E-state index contributed by atoms with van der Waals surface area (Å²) in [6.45, 7) is 0.0533. The molecule has 0 saturated carbocycles. The number of benzene rings is 2. The number of aliphatic hydroxyl groups is 1. The first-order chi connectivity index (χ1) is 11.5.